The SMILES string of the molecule is CCOC(=O)C(C(=O)O)C(=O)c1cccc(NCCCc2cccc(C(F)(F)F)c2)c1. The molecule has 2 N–H and O–H groups in total. The number of carboxylic acids is 1. The molecule has 0 saturated heterocycles. The highest BCUT2D eigenvalue weighted by Crippen LogP contribution is 2.29. The number of hydrogen-bond donors (Lipinski definition) is 2. The maximum Gasteiger partial charge on any atom is 0.416 e. The molecule has 0 aliphatic rings. The summed E-state index contributed by atoms with van der Waals surface area (Å²) in [6.07, 6.45) is -3.45. The van der Waals surface area contributed by atoms with E-state index in [0.717, 1.165) is 12.1 Å². The van der Waals surface area contributed by atoms with E-state index in [1.165, 1.54) is 31.2 Å². The number of ether oxygens (including phenoxy) is 1. The third-order valence-electron chi connectivity index (χ3n) is 4.40. The van der Waals surface area contributed by atoms with Crippen LogP contribution in [0.15, 0.2) is 48.5 Å². The number of hydrogen-bond acceptors (Lipinski definition) is 5. The van der Waals surface area contributed by atoms with Crippen LogP contribution in [0.25, 0.3) is 0 Å². The smallest absolute Gasteiger partial charge is 0.416 e. The summed E-state index contributed by atoms with van der Waals surface area (Å²) in [5, 5.41) is 12.3. The molecule has 2 aromatic carbocycles. The number of carbonyl (C=O) groups excluding carboxylic acids is 2. The average Bonchev–Trinajstić information content (AvgIpc) is 2.71. The van der Waals surface area contributed by atoms with Gasteiger partial charge in [0.25, 0.3) is 0 Å². The Labute approximate surface area is 177 Å². The maximum atomic E-state index is 12.8. The summed E-state index contributed by atoms with van der Waals surface area (Å²) in [4.78, 5) is 35.6. The van der Waals surface area contributed by atoms with Crippen molar-refractivity contribution in [1.29, 1.82) is 0 Å². The molecule has 0 spiro atoms. The molecule has 166 valence electrons. The Morgan fingerprint density at radius 1 is 1.10 bits per heavy atom. The molecule has 2 aromatic rings. The fourth-order valence-electron chi connectivity index (χ4n) is 2.92. The summed E-state index contributed by atoms with van der Waals surface area (Å²) in [6, 6.07) is 11.1. The number of benzene rings is 2. The van der Waals surface area contributed by atoms with Crippen LogP contribution in [0.1, 0.15) is 34.8 Å². The zero-order valence-corrected chi connectivity index (χ0v) is 16.7. The summed E-state index contributed by atoms with van der Waals surface area (Å²) in [5.41, 5.74) is 0.407. The lowest BCUT2D eigenvalue weighted by molar-refractivity contribution is -0.155. The molecule has 0 aliphatic heterocycles. The van der Waals surface area contributed by atoms with Gasteiger partial charge in [-0.05, 0) is 43.5 Å². The monoisotopic (exact) mass is 437 g/mol. The van der Waals surface area contributed by atoms with Gasteiger partial charge in [0.05, 0.1) is 12.2 Å². The Morgan fingerprint density at radius 3 is 2.45 bits per heavy atom. The quantitative estimate of drug-likeness (QED) is 0.251. The lowest BCUT2D eigenvalue weighted by Gasteiger charge is -2.12. The first-order valence-corrected chi connectivity index (χ1v) is 9.57. The topological polar surface area (TPSA) is 92.7 Å². The largest absolute Gasteiger partial charge is 0.480 e. The third kappa shape index (κ3) is 6.84. The number of carboxylic acid groups (broad SMARTS) is 1. The molecule has 0 bridgehead atoms. The molecule has 0 saturated carbocycles. The number of aliphatic carboxylic acids is 1. The number of aryl methyl sites for hydroxylation is 1. The van der Waals surface area contributed by atoms with Crippen molar-refractivity contribution in [3.05, 3.63) is 65.2 Å². The molecule has 0 aromatic heterocycles. The van der Waals surface area contributed by atoms with Crippen molar-refractivity contribution in [3.8, 4) is 0 Å². The molecule has 0 fully saturated rings. The minimum Gasteiger partial charge on any atom is -0.480 e. The summed E-state index contributed by atoms with van der Waals surface area (Å²) in [5.74, 6) is -5.56. The van der Waals surface area contributed by atoms with E-state index in [1.807, 2.05) is 0 Å². The molecule has 0 aliphatic carbocycles. The van der Waals surface area contributed by atoms with E-state index in [4.69, 9.17) is 0 Å². The number of rotatable bonds is 10. The summed E-state index contributed by atoms with van der Waals surface area (Å²) in [6.45, 7) is 1.86. The van der Waals surface area contributed by atoms with Gasteiger partial charge in [0.2, 0.25) is 5.92 Å². The van der Waals surface area contributed by atoms with Gasteiger partial charge in [-0.15, -0.1) is 0 Å². The molecule has 0 heterocycles. The third-order valence-corrected chi connectivity index (χ3v) is 4.40. The van der Waals surface area contributed by atoms with E-state index in [1.54, 1.807) is 12.1 Å². The van der Waals surface area contributed by atoms with E-state index in [0.29, 0.717) is 30.6 Å². The van der Waals surface area contributed by atoms with Crippen LogP contribution in [0, 0.1) is 5.92 Å². The summed E-state index contributed by atoms with van der Waals surface area (Å²) >= 11 is 0. The van der Waals surface area contributed by atoms with E-state index >= 15 is 0 Å². The van der Waals surface area contributed by atoms with Crippen LogP contribution in [0.5, 0.6) is 0 Å². The van der Waals surface area contributed by atoms with Gasteiger partial charge in [-0.3, -0.25) is 14.4 Å². The standard InChI is InChI=1S/C22H22F3NO5/c1-2-31-21(30)18(20(28)29)19(27)15-8-4-10-17(13-15)26-11-5-7-14-6-3-9-16(12-14)22(23,24)25/h3-4,6,8-10,12-13,18,26H,2,5,7,11H2,1H3,(H,28,29). The first-order chi connectivity index (χ1) is 14.6. The number of halogens is 3. The fourth-order valence-corrected chi connectivity index (χ4v) is 2.92. The van der Waals surface area contributed by atoms with Crippen LogP contribution < -0.4 is 5.32 Å². The fraction of sp³-hybridized carbons (Fsp3) is 0.318. The van der Waals surface area contributed by atoms with Gasteiger partial charge in [0, 0.05) is 17.8 Å². The van der Waals surface area contributed by atoms with E-state index < -0.39 is 35.4 Å². The van der Waals surface area contributed by atoms with Gasteiger partial charge in [-0.2, -0.15) is 13.2 Å². The van der Waals surface area contributed by atoms with Gasteiger partial charge in [0.1, 0.15) is 0 Å². The van der Waals surface area contributed by atoms with Gasteiger partial charge in [0.15, 0.2) is 5.78 Å². The molecule has 0 amide bonds. The molecule has 0 radical (unpaired) electrons. The van der Waals surface area contributed by atoms with Crippen molar-refractivity contribution in [2.75, 3.05) is 18.5 Å². The van der Waals surface area contributed by atoms with Crippen LogP contribution in [-0.4, -0.2) is 36.0 Å². The van der Waals surface area contributed by atoms with Gasteiger partial charge >= 0.3 is 18.1 Å². The van der Waals surface area contributed by atoms with Crippen molar-refractivity contribution in [2.45, 2.75) is 25.9 Å². The minimum absolute atomic E-state index is 0.0309. The minimum atomic E-state index is -4.39. The van der Waals surface area contributed by atoms with Crippen molar-refractivity contribution in [1.82, 2.24) is 0 Å². The van der Waals surface area contributed by atoms with Crippen LogP contribution in [0.4, 0.5) is 18.9 Å². The molecule has 1 unspecified atom stereocenters. The predicted octanol–water partition coefficient (Wildman–Crippen LogP) is 4.20. The van der Waals surface area contributed by atoms with E-state index in [9.17, 15) is 32.7 Å². The number of anilines is 1. The molecule has 31 heavy (non-hydrogen) atoms. The number of nitrogens with one attached hydrogen (secondary N) is 1. The van der Waals surface area contributed by atoms with Gasteiger partial charge < -0.3 is 15.2 Å². The highest BCUT2D eigenvalue weighted by molar-refractivity contribution is 6.20. The normalized spacial score (nSPS) is 12.1. The zero-order chi connectivity index (χ0) is 23.0. The molecule has 2 rings (SSSR count). The van der Waals surface area contributed by atoms with E-state index in [2.05, 4.69) is 10.1 Å². The Kier molecular flexibility index (Phi) is 8.18. The first kappa shape index (κ1) is 23.9. The van der Waals surface area contributed by atoms with Crippen molar-refractivity contribution in [3.63, 3.8) is 0 Å². The predicted molar refractivity (Wildman–Crippen MR) is 107 cm³/mol. The molecular weight excluding hydrogens is 415 g/mol. The lowest BCUT2D eigenvalue weighted by Crippen LogP contribution is -2.33. The van der Waals surface area contributed by atoms with Gasteiger partial charge in [-0.25, -0.2) is 0 Å². The number of alkyl halides is 3. The molecule has 6 nitrogen and oxygen atoms in total. The lowest BCUT2D eigenvalue weighted by atomic mass is 9.97. The number of esters is 1. The van der Waals surface area contributed by atoms with Crippen molar-refractivity contribution >= 4 is 23.4 Å². The van der Waals surface area contributed by atoms with Crippen LogP contribution in [-0.2, 0) is 26.9 Å². The second kappa shape index (κ2) is 10.6. The molecular formula is C22H22F3NO5. The molecule has 1 atom stereocenters. The highest BCUT2D eigenvalue weighted by atomic mass is 19.4. The second-order valence-corrected chi connectivity index (χ2v) is 6.70. The molecule has 9 heteroatoms. The second-order valence-electron chi connectivity index (χ2n) is 6.70. The Hall–Kier alpha value is -3.36. The van der Waals surface area contributed by atoms with Crippen molar-refractivity contribution < 1.29 is 37.4 Å². The van der Waals surface area contributed by atoms with Crippen molar-refractivity contribution in [2.24, 2.45) is 5.92 Å². The first-order valence-electron chi connectivity index (χ1n) is 9.57. The number of carbonyl (C=O) groups is 3. The van der Waals surface area contributed by atoms with Crippen LogP contribution in [0.3, 0.4) is 0 Å². The average molecular weight is 437 g/mol. The number of ketones is 1. The van der Waals surface area contributed by atoms with E-state index in [-0.39, 0.29) is 12.2 Å². The number of Topliss-reactive ketones (excluding diaryl/α,β-unsaturated/α-hetero) is 1. The Bertz CT molecular complexity index is 943. The Balaban J connectivity index is 1.97. The van der Waals surface area contributed by atoms with Gasteiger partial charge in [-0.1, -0.05) is 30.3 Å². The zero-order valence-electron chi connectivity index (χ0n) is 16.7. The highest BCUT2D eigenvalue weighted by Gasteiger charge is 2.36. The maximum absolute atomic E-state index is 12.8. The summed E-state index contributed by atoms with van der Waals surface area (Å²) < 4.78 is 43.0. The summed E-state index contributed by atoms with van der Waals surface area (Å²) in [7, 11) is 0. The van der Waals surface area contributed by atoms with Crippen LogP contribution >= 0.6 is 0 Å². The Morgan fingerprint density at radius 2 is 1.81 bits per heavy atom. The van der Waals surface area contributed by atoms with Crippen LogP contribution in [0.2, 0.25) is 0 Å².